The second-order valence-corrected chi connectivity index (χ2v) is 7.23. The summed E-state index contributed by atoms with van der Waals surface area (Å²) in [6, 6.07) is 14.6. The van der Waals surface area contributed by atoms with Crippen molar-refractivity contribution in [2.75, 3.05) is 34.4 Å². The van der Waals surface area contributed by atoms with Gasteiger partial charge < -0.3 is 24.8 Å². The highest BCUT2D eigenvalue weighted by Crippen LogP contribution is 2.47. The highest BCUT2D eigenvalue weighted by molar-refractivity contribution is 5.80. The predicted molar refractivity (Wildman–Crippen MR) is 116 cm³/mol. The number of nitrogens with zero attached hydrogens (tertiary/aromatic N) is 1. The Labute approximate surface area is 173 Å². The molecule has 6 heteroatoms. The van der Waals surface area contributed by atoms with Gasteiger partial charge in [-0.25, -0.2) is 4.99 Å². The molecule has 0 amide bonds. The number of rotatable bonds is 9. The van der Waals surface area contributed by atoms with Gasteiger partial charge in [0.05, 0.1) is 27.9 Å². The average Bonchev–Trinajstić information content (AvgIpc) is 3.56. The normalized spacial score (nSPS) is 14.8. The molecule has 29 heavy (non-hydrogen) atoms. The van der Waals surface area contributed by atoms with Crippen LogP contribution in [-0.2, 0) is 12.0 Å². The van der Waals surface area contributed by atoms with E-state index >= 15 is 0 Å². The molecular weight excluding hydrogens is 366 g/mol. The molecule has 2 N–H and O–H groups in total. The predicted octanol–water partition coefficient (Wildman–Crippen LogP) is 3.50. The molecule has 0 aromatic heterocycles. The maximum atomic E-state index is 5.44. The fraction of sp³-hybridized carbons (Fsp3) is 0.435. The molecule has 0 radical (unpaired) electrons. The van der Waals surface area contributed by atoms with Crippen LogP contribution in [0.4, 0.5) is 0 Å². The van der Waals surface area contributed by atoms with E-state index in [2.05, 4.69) is 47.9 Å². The van der Waals surface area contributed by atoms with E-state index in [4.69, 9.17) is 19.2 Å². The van der Waals surface area contributed by atoms with Crippen LogP contribution in [0.15, 0.2) is 47.5 Å². The van der Waals surface area contributed by atoms with E-state index in [0.29, 0.717) is 23.8 Å². The molecule has 3 rings (SSSR count). The van der Waals surface area contributed by atoms with Crippen LogP contribution in [0.25, 0.3) is 0 Å². The van der Waals surface area contributed by atoms with Crippen LogP contribution < -0.4 is 24.8 Å². The first kappa shape index (κ1) is 20.8. The minimum absolute atomic E-state index is 0.226. The number of methoxy groups -OCH3 is 3. The molecule has 0 unspecified atom stereocenters. The number of guanidine groups is 1. The van der Waals surface area contributed by atoms with Gasteiger partial charge in [-0.15, -0.1) is 0 Å². The third kappa shape index (κ3) is 4.94. The van der Waals surface area contributed by atoms with Crippen LogP contribution >= 0.6 is 0 Å². The van der Waals surface area contributed by atoms with Crippen molar-refractivity contribution in [3.8, 4) is 17.2 Å². The number of hydrogen-bond acceptors (Lipinski definition) is 4. The highest BCUT2D eigenvalue weighted by Gasteiger charge is 2.43. The molecule has 1 fully saturated rings. The second kappa shape index (κ2) is 9.54. The number of nitrogens with one attached hydrogen (secondary N) is 2. The van der Waals surface area contributed by atoms with Crippen molar-refractivity contribution in [3.05, 3.63) is 53.6 Å². The maximum absolute atomic E-state index is 5.44. The Balaban J connectivity index is 1.71. The smallest absolute Gasteiger partial charge is 0.203 e. The van der Waals surface area contributed by atoms with Crippen LogP contribution in [0.2, 0.25) is 0 Å². The first-order valence-corrected chi connectivity index (χ1v) is 10.0. The van der Waals surface area contributed by atoms with E-state index in [-0.39, 0.29) is 5.41 Å². The minimum atomic E-state index is 0.226. The van der Waals surface area contributed by atoms with Crippen LogP contribution in [0.3, 0.4) is 0 Å². The van der Waals surface area contributed by atoms with Gasteiger partial charge in [0.15, 0.2) is 17.5 Å². The Bertz CT molecular complexity index is 808. The van der Waals surface area contributed by atoms with Crippen molar-refractivity contribution < 1.29 is 14.2 Å². The van der Waals surface area contributed by atoms with Crippen LogP contribution in [0.1, 0.15) is 30.9 Å². The van der Waals surface area contributed by atoms with E-state index in [1.807, 2.05) is 12.1 Å². The zero-order chi connectivity index (χ0) is 20.7. The number of ether oxygens (including phenoxy) is 3. The van der Waals surface area contributed by atoms with E-state index < -0.39 is 0 Å². The molecule has 0 aliphatic heterocycles. The zero-order valence-electron chi connectivity index (χ0n) is 17.7. The van der Waals surface area contributed by atoms with Gasteiger partial charge in [-0.3, -0.25) is 0 Å². The molecule has 1 aliphatic rings. The largest absolute Gasteiger partial charge is 0.493 e. The van der Waals surface area contributed by atoms with Crippen molar-refractivity contribution in [1.82, 2.24) is 10.6 Å². The lowest BCUT2D eigenvalue weighted by Crippen LogP contribution is -2.41. The van der Waals surface area contributed by atoms with Crippen LogP contribution in [0.5, 0.6) is 17.2 Å². The number of hydrogen-bond donors (Lipinski definition) is 2. The number of aliphatic imine (C=N–C) groups is 1. The van der Waals surface area contributed by atoms with Gasteiger partial charge in [0.25, 0.3) is 0 Å². The molecule has 0 saturated heterocycles. The van der Waals surface area contributed by atoms with E-state index in [0.717, 1.165) is 24.6 Å². The van der Waals surface area contributed by atoms with Gasteiger partial charge in [0, 0.05) is 18.5 Å². The molecule has 0 heterocycles. The molecule has 1 aliphatic carbocycles. The van der Waals surface area contributed by atoms with Gasteiger partial charge in [0.2, 0.25) is 5.75 Å². The van der Waals surface area contributed by atoms with Gasteiger partial charge >= 0.3 is 0 Å². The van der Waals surface area contributed by atoms with Crippen molar-refractivity contribution in [2.45, 2.75) is 31.7 Å². The standard InChI is InChI=1S/C23H31N3O3/c1-5-24-22(26-16-23(11-12-23)18-9-7-6-8-10-18)25-15-17-13-19(27-2)21(29-4)20(14-17)28-3/h6-10,13-14H,5,11-12,15-16H2,1-4H3,(H2,24,25,26). The Morgan fingerprint density at radius 3 is 2.14 bits per heavy atom. The molecule has 2 aromatic carbocycles. The molecule has 0 bridgehead atoms. The van der Waals surface area contributed by atoms with Crippen molar-refractivity contribution in [1.29, 1.82) is 0 Å². The molecule has 2 aromatic rings. The maximum Gasteiger partial charge on any atom is 0.203 e. The summed E-state index contributed by atoms with van der Waals surface area (Å²) < 4.78 is 16.3. The second-order valence-electron chi connectivity index (χ2n) is 7.23. The van der Waals surface area contributed by atoms with E-state index in [1.54, 1.807) is 21.3 Å². The summed E-state index contributed by atoms with van der Waals surface area (Å²) in [6.07, 6.45) is 2.41. The summed E-state index contributed by atoms with van der Waals surface area (Å²) in [5.41, 5.74) is 2.61. The average molecular weight is 398 g/mol. The van der Waals surface area contributed by atoms with Crippen LogP contribution in [-0.4, -0.2) is 40.4 Å². The van der Waals surface area contributed by atoms with Gasteiger partial charge in [0.1, 0.15) is 0 Å². The highest BCUT2D eigenvalue weighted by atomic mass is 16.5. The summed E-state index contributed by atoms with van der Waals surface area (Å²) in [6.45, 7) is 4.25. The quantitative estimate of drug-likeness (QED) is 0.501. The third-order valence-electron chi connectivity index (χ3n) is 5.32. The zero-order valence-corrected chi connectivity index (χ0v) is 17.7. The monoisotopic (exact) mass is 397 g/mol. The fourth-order valence-electron chi connectivity index (χ4n) is 3.50. The topological polar surface area (TPSA) is 64.1 Å². The van der Waals surface area contributed by atoms with Gasteiger partial charge in [-0.05, 0) is 43.0 Å². The summed E-state index contributed by atoms with van der Waals surface area (Å²) >= 11 is 0. The summed E-state index contributed by atoms with van der Waals surface area (Å²) in [5, 5.41) is 6.86. The van der Waals surface area contributed by atoms with E-state index in [1.165, 1.54) is 18.4 Å². The molecule has 0 spiro atoms. The van der Waals surface area contributed by atoms with Gasteiger partial charge in [-0.2, -0.15) is 0 Å². The molecular formula is C23H31N3O3. The van der Waals surface area contributed by atoms with Crippen molar-refractivity contribution in [2.24, 2.45) is 4.99 Å². The molecule has 0 atom stereocenters. The molecule has 156 valence electrons. The first-order chi connectivity index (χ1) is 14.2. The SMILES string of the molecule is CCNC(=NCc1cc(OC)c(OC)c(OC)c1)NCC1(c2ccccc2)CC1. The lowest BCUT2D eigenvalue weighted by molar-refractivity contribution is 0.324. The van der Waals surface area contributed by atoms with E-state index in [9.17, 15) is 0 Å². The fourth-order valence-corrected chi connectivity index (χ4v) is 3.50. The summed E-state index contributed by atoms with van der Waals surface area (Å²) in [5.74, 6) is 2.67. The lowest BCUT2D eigenvalue weighted by atomic mass is 9.96. The first-order valence-electron chi connectivity index (χ1n) is 10.0. The molecule has 1 saturated carbocycles. The van der Waals surface area contributed by atoms with Crippen molar-refractivity contribution in [3.63, 3.8) is 0 Å². The minimum Gasteiger partial charge on any atom is -0.493 e. The van der Waals surface area contributed by atoms with Gasteiger partial charge in [-0.1, -0.05) is 30.3 Å². The Morgan fingerprint density at radius 1 is 0.966 bits per heavy atom. The summed E-state index contributed by atoms with van der Waals surface area (Å²) in [7, 11) is 4.84. The van der Waals surface area contributed by atoms with Crippen LogP contribution in [0, 0.1) is 0 Å². The summed E-state index contributed by atoms with van der Waals surface area (Å²) in [4.78, 5) is 4.76. The van der Waals surface area contributed by atoms with Crippen molar-refractivity contribution >= 4 is 5.96 Å². The lowest BCUT2D eigenvalue weighted by Gasteiger charge is -2.19. The number of benzene rings is 2. The third-order valence-corrected chi connectivity index (χ3v) is 5.32. The Kier molecular flexibility index (Phi) is 6.86. The Morgan fingerprint density at radius 2 is 1.62 bits per heavy atom. The molecule has 6 nitrogen and oxygen atoms in total. The Hall–Kier alpha value is -2.89.